The average molecular weight is 213 g/mol. The average Bonchev–Trinajstić information content (AvgIpc) is 2.82. The normalized spacial score (nSPS) is 18.3. The van der Waals surface area contributed by atoms with Crippen molar-refractivity contribution in [1.29, 1.82) is 0 Å². The number of hydrogen-bond donors (Lipinski definition) is 1. The zero-order chi connectivity index (χ0) is 10.1. The summed E-state index contributed by atoms with van der Waals surface area (Å²) in [5, 5.41) is 5.64. The molecule has 0 saturated carbocycles. The van der Waals surface area contributed by atoms with E-state index in [0.717, 1.165) is 0 Å². The van der Waals surface area contributed by atoms with Crippen LogP contribution in [0.25, 0.3) is 6.08 Å². The summed E-state index contributed by atoms with van der Waals surface area (Å²) in [6.07, 6.45) is 4.41. The van der Waals surface area contributed by atoms with E-state index in [1.807, 2.05) is 0 Å². The molecule has 0 fully saturated rings. The van der Waals surface area contributed by atoms with Crippen molar-refractivity contribution in [3.05, 3.63) is 58.3 Å². The summed E-state index contributed by atoms with van der Waals surface area (Å²) >= 11 is 1.79. The minimum absolute atomic E-state index is 0.333. The van der Waals surface area contributed by atoms with Crippen LogP contribution < -0.4 is 5.32 Å². The number of benzene rings is 1. The lowest BCUT2D eigenvalue weighted by Crippen LogP contribution is -2.10. The SMILES string of the molecule is C1=CC(c2cccs2)Nc2ccccc21. The minimum Gasteiger partial charge on any atom is -0.373 e. The van der Waals surface area contributed by atoms with Crippen LogP contribution >= 0.6 is 11.3 Å². The predicted octanol–water partition coefficient (Wildman–Crippen LogP) is 3.93. The van der Waals surface area contributed by atoms with Gasteiger partial charge in [0.25, 0.3) is 0 Å². The van der Waals surface area contributed by atoms with Gasteiger partial charge in [-0.05, 0) is 23.1 Å². The summed E-state index contributed by atoms with van der Waals surface area (Å²) in [5.74, 6) is 0. The Morgan fingerprint density at radius 1 is 1.07 bits per heavy atom. The molecule has 74 valence electrons. The monoisotopic (exact) mass is 213 g/mol. The van der Waals surface area contributed by atoms with Crippen LogP contribution in [0, 0.1) is 0 Å². The summed E-state index contributed by atoms with van der Waals surface area (Å²) in [4.78, 5) is 1.36. The smallest absolute Gasteiger partial charge is 0.0794 e. The molecule has 0 saturated heterocycles. The Bertz CT molecular complexity index is 485. The fourth-order valence-corrected chi connectivity index (χ4v) is 2.58. The zero-order valence-electron chi connectivity index (χ0n) is 8.18. The molecule has 1 nitrogen and oxygen atoms in total. The van der Waals surface area contributed by atoms with Crippen LogP contribution in [0.2, 0.25) is 0 Å². The van der Waals surface area contributed by atoms with E-state index in [9.17, 15) is 0 Å². The quantitative estimate of drug-likeness (QED) is 0.757. The second kappa shape index (κ2) is 3.55. The molecule has 1 unspecified atom stereocenters. The van der Waals surface area contributed by atoms with Crippen molar-refractivity contribution >= 4 is 23.1 Å². The fraction of sp³-hybridized carbons (Fsp3) is 0.0769. The summed E-state index contributed by atoms with van der Waals surface area (Å²) in [6.45, 7) is 0. The minimum atomic E-state index is 0.333. The van der Waals surface area contributed by atoms with Gasteiger partial charge in [-0.1, -0.05) is 36.4 Å². The molecule has 2 aromatic rings. The molecule has 1 aromatic carbocycles. The molecule has 0 radical (unpaired) electrons. The van der Waals surface area contributed by atoms with Gasteiger partial charge >= 0.3 is 0 Å². The molecule has 2 heterocycles. The van der Waals surface area contributed by atoms with Gasteiger partial charge < -0.3 is 5.32 Å². The number of hydrogen-bond acceptors (Lipinski definition) is 2. The van der Waals surface area contributed by atoms with Gasteiger partial charge in [0.05, 0.1) is 6.04 Å². The van der Waals surface area contributed by atoms with Gasteiger partial charge in [-0.15, -0.1) is 11.3 Å². The van der Waals surface area contributed by atoms with E-state index < -0.39 is 0 Å². The maximum atomic E-state index is 3.52. The Morgan fingerprint density at radius 3 is 2.87 bits per heavy atom. The topological polar surface area (TPSA) is 12.0 Å². The second-order valence-electron chi connectivity index (χ2n) is 3.58. The van der Waals surface area contributed by atoms with Gasteiger partial charge in [-0.25, -0.2) is 0 Å². The Morgan fingerprint density at radius 2 is 2.00 bits per heavy atom. The highest BCUT2D eigenvalue weighted by molar-refractivity contribution is 7.10. The third-order valence-electron chi connectivity index (χ3n) is 2.59. The highest BCUT2D eigenvalue weighted by atomic mass is 32.1. The van der Waals surface area contributed by atoms with E-state index in [2.05, 4.69) is 59.2 Å². The zero-order valence-corrected chi connectivity index (χ0v) is 9.00. The lowest BCUT2D eigenvalue weighted by Gasteiger charge is -2.21. The number of fused-ring (bicyclic) bond motifs is 1. The van der Waals surface area contributed by atoms with Crippen LogP contribution in [-0.4, -0.2) is 0 Å². The first-order valence-electron chi connectivity index (χ1n) is 5.01. The molecule has 1 aromatic heterocycles. The maximum Gasteiger partial charge on any atom is 0.0794 e. The van der Waals surface area contributed by atoms with E-state index in [4.69, 9.17) is 0 Å². The first-order valence-corrected chi connectivity index (χ1v) is 5.88. The fourth-order valence-electron chi connectivity index (χ4n) is 1.82. The molecule has 3 rings (SSSR count). The number of nitrogens with one attached hydrogen (secondary N) is 1. The largest absolute Gasteiger partial charge is 0.373 e. The highest BCUT2D eigenvalue weighted by Gasteiger charge is 2.13. The lowest BCUT2D eigenvalue weighted by atomic mass is 10.0. The molecular weight excluding hydrogens is 202 g/mol. The summed E-state index contributed by atoms with van der Waals surface area (Å²) in [5.41, 5.74) is 2.49. The summed E-state index contributed by atoms with van der Waals surface area (Å²) < 4.78 is 0. The third-order valence-corrected chi connectivity index (χ3v) is 3.55. The van der Waals surface area contributed by atoms with E-state index in [1.54, 1.807) is 11.3 Å². The Hall–Kier alpha value is -1.54. The van der Waals surface area contributed by atoms with Crippen molar-refractivity contribution in [1.82, 2.24) is 0 Å². The molecular formula is C13H11NS. The molecule has 1 aliphatic heterocycles. The van der Waals surface area contributed by atoms with Crippen molar-refractivity contribution in [2.24, 2.45) is 0 Å². The summed E-state index contributed by atoms with van der Waals surface area (Å²) in [7, 11) is 0. The molecule has 2 heteroatoms. The molecule has 0 spiro atoms. The van der Waals surface area contributed by atoms with Crippen molar-refractivity contribution in [3.8, 4) is 0 Å². The van der Waals surface area contributed by atoms with E-state index >= 15 is 0 Å². The first kappa shape index (κ1) is 8.74. The molecule has 1 N–H and O–H groups in total. The van der Waals surface area contributed by atoms with Crippen LogP contribution in [0.1, 0.15) is 16.5 Å². The number of rotatable bonds is 1. The van der Waals surface area contributed by atoms with Crippen LogP contribution in [0.3, 0.4) is 0 Å². The van der Waals surface area contributed by atoms with E-state index in [-0.39, 0.29) is 0 Å². The molecule has 15 heavy (non-hydrogen) atoms. The Kier molecular flexibility index (Phi) is 2.07. The van der Waals surface area contributed by atoms with Crippen molar-refractivity contribution in [3.63, 3.8) is 0 Å². The van der Waals surface area contributed by atoms with Gasteiger partial charge in [0.1, 0.15) is 0 Å². The molecule has 1 aliphatic rings. The maximum absolute atomic E-state index is 3.52. The van der Waals surface area contributed by atoms with Crippen LogP contribution in [-0.2, 0) is 0 Å². The summed E-state index contributed by atoms with van der Waals surface area (Å²) in [6, 6.07) is 13.0. The first-order chi connectivity index (χ1) is 7.43. The number of anilines is 1. The Balaban J connectivity index is 1.96. The Labute approximate surface area is 93.1 Å². The molecule has 1 atom stereocenters. The van der Waals surface area contributed by atoms with Gasteiger partial charge in [0.15, 0.2) is 0 Å². The highest BCUT2D eigenvalue weighted by Crippen LogP contribution is 2.31. The predicted molar refractivity (Wildman–Crippen MR) is 66.2 cm³/mol. The van der Waals surface area contributed by atoms with Crippen LogP contribution in [0.4, 0.5) is 5.69 Å². The van der Waals surface area contributed by atoms with E-state index in [1.165, 1.54) is 16.1 Å². The van der Waals surface area contributed by atoms with Gasteiger partial charge in [0, 0.05) is 10.6 Å². The van der Waals surface area contributed by atoms with E-state index in [0.29, 0.717) is 6.04 Å². The van der Waals surface area contributed by atoms with Crippen molar-refractivity contribution < 1.29 is 0 Å². The van der Waals surface area contributed by atoms with Crippen LogP contribution in [0.5, 0.6) is 0 Å². The van der Waals surface area contributed by atoms with Gasteiger partial charge in [-0.2, -0.15) is 0 Å². The van der Waals surface area contributed by atoms with Gasteiger partial charge in [-0.3, -0.25) is 0 Å². The molecule has 0 amide bonds. The number of thiophene rings is 1. The molecule has 0 aliphatic carbocycles. The van der Waals surface area contributed by atoms with Gasteiger partial charge in [0.2, 0.25) is 0 Å². The lowest BCUT2D eigenvalue weighted by molar-refractivity contribution is 1.01. The number of para-hydroxylation sites is 1. The van der Waals surface area contributed by atoms with Crippen LogP contribution in [0.15, 0.2) is 47.9 Å². The van der Waals surface area contributed by atoms with Crippen molar-refractivity contribution in [2.75, 3.05) is 5.32 Å². The second-order valence-corrected chi connectivity index (χ2v) is 4.56. The standard InChI is InChI=1S/C13H11NS/c1-2-5-11-10(4-1)7-8-12(14-11)13-6-3-9-15-13/h1-9,12,14H. The molecule has 0 bridgehead atoms. The van der Waals surface area contributed by atoms with Crippen molar-refractivity contribution in [2.45, 2.75) is 6.04 Å². The third kappa shape index (κ3) is 1.57.